The molecule has 0 saturated carbocycles. The zero-order chi connectivity index (χ0) is 46.4. The van der Waals surface area contributed by atoms with Crippen molar-refractivity contribution in [3.05, 3.63) is 177 Å². The second-order valence-corrected chi connectivity index (χ2v) is 13.2. The second-order valence-electron chi connectivity index (χ2n) is 13.2. The maximum atomic E-state index is 15.4. The molecule has 0 amide bonds. The van der Waals surface area contributed by atoms with E-state index in [2.05, 4.69) is 59.9 Å². The molecule has 0 fully saturated rings. The molecule has 0 N–H and O–H groups in total. The summed E-state index contributed by atoms with van der Waals surface area (Å²) >= 11 is 0. The third kappa shape index (κ3) is 7.37. The second kappa shape index (κ2) is 17.7. The van der Waals surface area contributed by atoms with Crippen molar-refractivity contribution in [3.63, 3.8) is 0 Å². The predicted octanol–water partition coefficient (Wildman–Crippen LogP) is 8.78. The molecule has 23 heteroatoms. The maximum absolute atomic E-state index is 15.4. The van der Waals surface area contributed by atoms with E-state index in [4.69, 9.17) is 0 Å². The highest BCUT2D eigenvalue weighted by molar-refractivity contribution is 7.20. The molecule has 5 aromatic carbocycles. The minimum atomic E-state index is -7.22. The van der Waals surface area contributed by atoms with Crippen LogP contribution in [-0.4, -0.2) is 11.1 Å². The Morgan fingerprint density at radius 3 is 0.984 bits per heavy atom. The first-order valence-electron chi connectivity index (χ1n) is 17.1. The molecular formula is C39H19BF20N2. The van der Waals surface area contributed by atoms with Gasteiger partial charge in [0.1, 0.15) is 52.7 Å². The van der Waals surface area contributed by atoms with Crippen molar-refractivity contribution in [3.8, 4) is 0 Å². The van der Waals surface area contributed by atoms with Crippen LogP contribution in [0.2, 0.25) is 0 Å². The molecule has 0 radical (unpaired) electrons. The van der Waals surface area contributed by atoms with Crippen molar-refractivity contribution in [2.45, 2.75) is 32.7 Å². The average molecular weight is 906 g/mol. The minimum Gasteiger partial charge on any atom is -0.252 e. The number of benzene rings is 5. The molecule has 0 bridgehead atoms. The Balaban J connectivity index is 0.000000355. The van der Waals surface area contributed by atoms with Crippen molar-refractivity contribution in [1.82, 2.24) is 4.98 Å². The Morgan fingerprint density at radius 1 is 0.435 bits per heavy atom. The lowest BCUT2D eigenvalue weighted by atomic mass is 9.12. The number of nitrogens with zero attached hydrogens (tertiary/aromatic N) is 2. The minimum absolute atomic E-state index is 0.549. The average Bonchev–Trinajstić information content (AvgIpc) is 3.26. The van der Waals surface area contributed by atoms with Crippen LogP contribution < -0.4 is 26.4 Å². The van der Waals surface area contributed by atoms with E-state index in [-0.39, 0.29) is 0 Å². The van der Waals surface area contributed by atoms with E-state index >= 15 is 35.1 Å². The molecular weight excluding hydrogens is 887 g/mol. The molecule has 0 aliphatic rings. The fourth-order valence-electron chi connectivity index (χ4n) is 6.82. The van der Waals surface area contributed by atoms with Gasteiger partial charge in [-0.05, 0) is 6.42 Å². The van der Waals surface area contributed by atoms with Gasteiger partial charge in [0, 0.05) is 11.5 Å². The van der Waals surface area contributed by atoms with E-state index in [9.17, 15) is 52.7 Å². The quantitative estimate of drug-likeness (QED) is 0.0491. The van der Waals surface area contributed by atoms with Crippen LogP contribution in [0.1, 0.15) is 37.4 Å². The normalized spacial score (nSPS) is 12.1. The van der Waals surface area contributed by atoms with Gasteiger partial charge in [-0.15, -0.1) is 21.9 Å². The van der Waals surface area contributed by atoms with Crippen molar-refractivity contribution in [1.29, 1.82) is 0 Å². The standard InChI is InChI=1S/C24BF20.C15H19N2/c26-5-1(6(27)14(35)21(42)13(5)34)25(2-7(28)15(36)22(43)16(37)8(2)29,3-9(30)17(38)23(44)18(39)10(3)31)4-11(32)19(40)24(45)20(41)12(4)33;1-3-13(2)15-11-16-9-10-17(15)12-14-7-5-4-6-8-14/h;4-11,13H,3,12H2,1-2H3/q-1;+1. The Morgan fingerprint density at radius 2 is 0.710 bits per heavy atom. The van der Waals surface area contributed by atoms with E-state index in [0.717, 1.165) is 13.0 Å². The van der Waals surface area contributed by atoms with Gasteiger partial charge in [-0.25, -0.2) is 87.8 Å². The lowest BCUT2D eigenvalue weighted by molar-refractivity contribution is -0.697. The summed E-state index contributed by atoms with van der Waals surface area (Å²) in [5.74, 6) is -70.9. The van der Waals surface area contributed by atoms with E-state index in [1.165, 1.54) is 11.3 Å². The van der Waals surface area contributed by atoms with Crippen LogP contribution in [0.5, 0.6) is 0 Å². The topological polar surface area (TPSA) is 16.8 Å². The molecule has 1 unspecified atom stereocenters. The fraction of sp³-hybridized carbons (Fsp3) is 0.128. The van der Waals surface area contributed by atoms with Crippen LogP contribution in [0.25, 0.3) is 0 Å². The highest BCUT2D eigenvalue weighted by atomic mass is 19.2. The molecule has 6 aromatic rings. The predicted molar refractivity (Wildman–Crippen MR) is 178 cm³/mol. The molecule has 1 aromatic heterocycles. The first-order valence-corrected chi connectivity index (χ1v) is 17.1. The lowest BCUT2D eigenvalue weighted by Gasteiger charge is -2.44. The number of aromatic nitrogens is 2. The zero-order valence-corrected chi connectivity index (χ0v) is 30.6. The van der Waals surface area contributed by atoms with Crippen LogP contribution in [0.15, 0.2) is 48.9 Å². The molecule has 328 valence electrons. The SMILES string of the molecule is CCC(C)c1cncc[n+]1Cc1ccccc1.Fc1c(F)c(F)c([B-](c2c(F)c(F)c(F)c(F)c2F)(c2c(F)c(F)c(F)c(F)c2F)c2c(F)c(F)c(F)c(F)c2F)c(F)c1F. The van der Waals surface area contributed by atoms with Gasteiger partial charge in [0.2, 0.25) is 5.69 Å². The third-order valence-corrected chi connectivity index (χ3v) is 9.89. The van der Waals surface area contributed by atoms with Crippen molar-refractivity contribution < 1.29 is 92.4 Å². The summed E-state index contributed by atoms with van der Waals surface area (Å²) < 4.78 is 296. The highest BCUT2D eigenvalue weighted by Gasteiger charge is 2.52. The summed E-state index contributed by atoms with van der Waals surface area (Å²) in [7, 11) is 0. The maximum Gasteiger partial charge on any atom is 0.202 e. The van der Waals surface area contributed by atoms with E-state index < -0.39 is 144 Å². The van der Waals surface area contributed by atoms with Gasteiger partial charge in [0.05, 0.1) is 12.4 Å². The Kier molecular flexibility index (Phi) is 13.4. The molecule has 0 aliphatic heterocycles. The van der Waals surface area contributed by atoms with Crippen LogP contribution >= 0.6 is 0 Å². The number of hydrogen-bond acceptors (Lipinski definition) is 1. The first-order chi connectivity index (χ1) is 29.0. The summed E-state index contributed by atoms with van der Waals surface area (Å²) in [6.07, 6.45) is -0.174. The van der Waals surface area contributed by atoms with Gasteiger partial charge >= 0.3 is 0 Å². The molecule has 1 atom stereocenters. The highest BCUT2D eigenvalue weighted by Crippen LogP contribution is 2.31. The van der Waals surface area contributed by atoms with Crippen molar-refractivity contribution >= 4 is 28.0 Å². The van der Waals surface area contributed by atoms with Gasteiger partial charge in [0.25, 0.3) is 0 Å². The van der Waals surface area contributed by atoms with Gasteiger partial charge in [-0.1, -0.05) is 44.2 Å². The Labute approximate surface area is 334 Å². The fourth-order valence-corrected chi connectivity index (χ4v) is 6.82. The summed E-state index contributed by atoms with van der Waals surface area (Å²) in [5.41, 5.74) is -11.7. The molecule has 62 heavy (non-hydrogen) atoms. The largest absolute Gasteiger partial charge is 0.252 e. The van der Waals surface area contributed by atoms with E-state index in [0.29, 0.717) is 5.92 Å². The van der Waals surface area contributed by atoms with Crippen LogP contribution in [0.4, 0.5) is 87.8 Å². The van der Waals surface area contributed by atoms with E-state index in [1.54, 1.807) is 0 Å². The monoisotopic (exact) mass is 906 g/mol. The van der Waals surface area contributed by atoms with Crippen molar-refractivity contribution in [2.75, 3.05) is 0 Å². The van der Waals surface area contributed by atoms with E-state index in [1.807, 2.05) is 12.4 Å². The van der Waals surface area contributed by atoms with Crippen LogP contribution in [0.3, 0.4) is 0 Å². The third-order valence-electron chi connectivity index (χ3n) is 9.89. The van der Waals surface area contributed by atoms with Gasteiger partial charge < -0.3 is 0 Å². The summed E-state index contributed by atoms with van der Waals surface area (Å²) in [6, 6.07) is 10.5. The number of hydrogen-bond donors (Lipinski definition) is 0. The van der Waals surface area contributed by atoms with Gasteiger partial charge in [-0.3, -0.25) is 4.98 Å². The van der Waals surface area contributed by atoms with Gasteiger partial charge in [-0.2, -0.15) is 4.57 Å². The Bertz CT molecular complexity index is 2350. The molecule has 1 heterocycles. The lowest BCUT2D eigenvalue weighted by Crippen LogP contribution is -2.81. The van der Waals surface area contributed by atoms with Gasteiger partial charge in [0.15, 0.2) is 82.5 Å². The first kappa shape index (κ1) is 46.9. The molecule has 0 saturated heterocycles. The number of halogens is 20. The van der Waals surface area contributed by atoms with Crippen molar-refractivity contribution in [2.24, 2.45) is 0 Å². The number of rotatable bonds is 8. The Hall–Kier alpha value is -6.16. The van der Waals surface area contributed by atoms with Crippen LogP contribution in [-0.2, 0) is 6.54 Å². The molecule has 0 aliphatic carbocycles. The van der Waals surface area contributed by atoms with Crippen LogP contribution in [0, 0.1) is 116 Å². The smallest absolute Gasteiger partial charge is 0.202 e. The summed E-state index contributed by atoms with van der Waals surface area (Å²) in [6.45, 7) is 5.38. The summed E-state index contributed by atoms with van der Waals surface area (Å²) in [5, 5.41) is 0. The molecule has 6 rings (SSSR count). The molecule has 0 spiro atoms. The summed E-state index contributed by atoms with van der Waals surface area (Å²) in [4.78, 5) is 4.24. The molecule has 2 nitrogen and oxygen atoms in total. The zero-order valence-electron chi connectivity index (χ0n) is 30.6.